The van der Waals surface area contributed by atoms with Crippen molar-refractivity contribution in [1.82, 2.24) is 10.6 Å². The van der Waals surface area contributed by atoms with Crippen molar-refractivity contribution in [2.75, 3.05) is 13.2 Å². The second-order valence-corrected chi connectivity index (χ2v) is 8.09. The predicted octanol–water partition coefficient (Wildman–Crippen LogP) is 1.98. The lowest BCUT2D eigenvalue weighted by Crippen LogP contribution is -2.50. The van der Waals surface area contributed by atoms with E-state index in [0.29, 0.717) is 12.8 Å². The van der Waals surface area contributed by atoms with E-state index in [1.54, 1.807) is 6.92 Å². The molecule has 2 amide bonds. The summed E-state index contributed by atoms with van der Waals surface area (Å²) in [5, 5.41) is 15.5. The number of hydrogen-bond acceptors (Lipinski definition) is 5. The molecule has 0 aromatic heterocycles. The fraction of sp³-hybridized carbons (Fsp3) is 0.762. The van der Waals surface area contributed by atoms with E-state index in [9.17, 15) is 19.5 Å². The molecule has 0 unspecified atom stereocenters. The van der Waals surface area contributed by atoms with Crippen LogP contribution < -0.4 is 10.6 Å². The van der Waals surface area contributed by atoms with Gasteiger partial charge in [0.2, 0.25) is 11.8 Å². The van der Waals surface area contributed by atoms with Crippen LogP contribution in [-0.4, -0.2) is 47.7 Å². The van der Waals surface area contributed by atoms with Crippen LogP contribution in [0.3, 0.4) is 0 Å². The molecule has 2 rings (SSSR count). The van der Waals surface area contributed by atoms with Gasteiger partial charge in [-0.2, -0.15) is 0 Å². The van der Waals surface area contributed by atoms with Gasteiger partial charge in [-0.1, -0.05) is 25.0 Å². The molecule has 158 valence electrons. The average Bonchev–Trinajstić information content (AvgIpc) is 3.12. The molecule has 0 aromatic carbocycles. The van der Waals surface area contributed by atoms with Crippen LogP contribution in [0.5, 0.6) is 0 Å². The molecule has 0 bridgehead atoms. The fourth-order valence-electron chi connectivity index (χ4n) is 3.85. The van der Waals surface area contributed by atoms with Crippen LogP contribution in [0.1, 0.15) is 71.1 Å². The fourth-order valence-corrected chi connectivity index (χ4v) is 3.85. The molecule has 0 aromatic rings. The summed E-state index contributed by atoms with van der Waals surface area (Å²) in [6.45, 7) is 1.90. The van der Waals surface area contributed by atoms with Gasteiger partial charge >= 0.3 is 5.97 Å². The molecule has 3 N–H and O–H groups in total. The van der Waals surface area contributed by atoms with Gasteiger partial charge in [0, 0.05) is 12.8 Å². The summed E-state index contributed by atoms with van der Waals surface area (Å²) in [4.78, 5) is 36.9. The topological polar surface area (TPSA) is 105 Å². The van der Waals surface area contributed by atoms with Crippen LogP contribution in [0, 0.1) is 5.92 Å². The van der Waals surface area contributed by atoms with Crippen molar-refractivity contribution in [2.24, 2.45) is 5.92 Å². The molecule has 1 heterocycles. The number of nitrogens with one attached hydrogen (secondary N) is 2. The highest BCUT2D eigenvalue weighted by Gasteiger charge is 2.35. The molecule has 1 saturated carbocycles. The van der Waals surface area contributed by atoms with E-state index in [-0.39, 0.29) is 37.4 Å². The second-order valence-electron chi connectivity index (χ2n) is 8.09. The minimum Gasteiger partial charge on any atom is -0.461 e. The van der Waals surface area contributed by atoms with E-state index in [2.05, 4.69) is 10.6 Å². The highest BCUT2D eigenvalue weighted by Crippen LogP contribution is 2.29. The van der Waals surface area contributed by atoms with E-state index < -0.39 is 17.6 Å². The molecule has 0 radical (unpaired) electrons. The Hall–Kier alpha value is -1.89. The van der Waals surface area contributed by atoms with Crippen LogP contribution in [-0.2, 0) is 19.1 Å². The predicted molar refractivity (Wildman–Crippen MR) is 105 cm³/mol. The van der Waals surface area contributed by atoms with Gasteiger partial charge in [0.25, 0.3) is 0 Å². The lowest BCUT2D eigenvalue weighted by atomic mass is 9.95. The number of rotatable bonds is 4. The van der Waals surface area contributed by atoms with Crippen molar-refractivity contribution in [3.63, 3.8) is 0 Å². The average molecular weight is 395 g/mol. The Kier molecular flexibility index (Phi) is 8.96. The number of hydrogen-bond donors (Lipinski definition) is 3. The molecular weight excluding hydrogens is 360 g/mol. The maximum atomic E-state index is 12.6. The Balaban J connectivity index is 1.97. The number of esters is 1. The Bertz CT molecular complexity index is 569. The smallest absolute Gasteiger partial charge is 0.306 e. The first kappa shape index (κ1) is 22.4. The SMILES string of the molecule is C[C@H]1CNC(=O)[C@@H](CC(=O)NC2(CO)CCCC2)CC=CCCCCC(=O)O1. The highest BCUT2D eigenvalue weighted by molar-refractivity contribution is 5.86. The summed E-state index contributed by atoms with van der Waals surface area (Å²) in [7, 11) is 0. The zero-order valence-electron chi connectivity index (χ0n) is 16.9. The summed E-state index contributed by atoms with van der Waals surface area (Å²) < 4.78 is 5.30. The quantitative estimate of drug-likeness (QED) is 0.500. The number of carbonyl (C=O) groups excluding carboxylic acids is 3. The molecular formula is C21H34N2O5. The number of amides is 2. The molecule has 1 aliphatic heterocycles. The van der Waals surface area contributed by atoms with E-state index in [1.165, 1.54) is 0 Å². The molecule has 28 heavy (non-hydrogen) atoms. The maximum absolute atomic E-state index is 12.6. The second kappa shape index (κ2) is 11.2. The first-order valence-electron chi connectivity index (χ1n) is 10.5. The molecule has 2 aliphatic rings. The van der Waals surface area contributed by atoms with Crippen LogP contribution >= 0.6 is 0 Å². The number of cyclic esters (lactones) is 1. The standard InChI is InChI=1S/C21H34N2O5/c1-16-14-22-20(27)17(9-5-3-2-4-6-10-19(26)28-16)13-18(25)23-21(15-24)11-7-8-12-21/h3,5,16-17,24H,2,4,6-15H2,1H3,(H,22,27)(H,23,25)/t16-,17+/m0/s1. The van der Waals surface area contributed by atoms with E-state index >= 15 is 0 Å². The van der Waals surface area contributed by atoms with Gasteiger partial charge in [-0.3, -0.25) is 14.4 Å². The third kappa shape index (κ3) is 7.26. The van der Waals surface area contributed by atoms with Gasteiger partial charge in [0.1, 0.15) is 6.10 Å². The monoisotopic (exact) mass is 394 g/mol. The molecule has 7 nitrogen and oxygen atoms in total. The van der Waals surface area contributed by atoms with Crippen molar-refractivity contribution >= 4 is 17.8 Å². The van der Waals surface area contributed by atoms with Gasteiger partial charge in [0.05, 0.1) is 24.6 Å². The third-order valence-electron chi connectivity index (χ3n) is 5.56. The molecule has 7 heteroatoms. The first-order chi connectivity index (χ1) is 13.4. The molecule has 0 spiro atoms. The number of aliphatic hydroxyl groups is 1. The number of aliphatic hydroxyl groups excluding tert-OH is 1. The maximum Gasteiger partial charge on any atom is 0.306 e. The number of carbonyl (C=O) groups is 3. The van der Waals surface area contributed by atoms with Crippen molar-refractivity contribution in [3.8, 4) is 0 Å². The van der Waals surface area contributed by atoms with Gasteiger partial charge in [-0.05, 0) is 45.4 Å². The Labute approximate surface area is 167 Å². The molecule has 0 saturated heterocycles. The summed E-state index contributed by atoms with van der Waals surface area (Å²) in [6.07, 6.45) is 10.5. The van der Waals surface area contributed by atoms with Crippen molar-refractivity contribution in [3.05, 3.63) is 12.2 Å². The van der Waals surface area contributed by atoms with Crippen molar-refractivity contribution < 1.29 is 24.2 Å². The van der Waals surface area contributed by atoms with Crippen LogP contribution in [0.4, 0.5) is 0 Å². The van der Waals surface area contributed by atoms with E-state index in [0.717, 1.165) is 44.9 Å². The number of ether oxygens (including phenoxy) is 1. The third-order valence-corrected chi connectivity index (χ3v) is 5.56. The molecule has 1 fully saturated rings. The zero-order valence-corrected chi connectivity index (χ0v) is 16.9. The normalized spacial score (nSPS) is 26.8. The largest absolute Gasteiger partial charge is 0.461 e. The first-order valence-corrected chi connectivity index (χ1v) is 10.5. The molecule has 2 atom stereocenters. The van der Waals surface area contributed by atoms with E-state index in [4.69, 9.17) is 4.74 Å². The summed E-state index contributed by atoms with van der Waals surface area (Å²) >= 11 is 0. The minimum atomic E-state index is -0.534. The molecule has 1 aliphatic carbocycles. The van der Waals surface area contributed by atoms with Crippen LogP contribution in [0.2, 0.25) is 0 Å². The van der Waals surface area contributed by atoms with E-state index in [1.807, 2.05) is 12.2 Å². The van der Waals surface area contributed by atoms with Gasteiger partial charge in [-0.15, -0.1) is 0 Å². The Morgan fingerprint density at radius 2 is 2.00 bits per heavy atom. The minimum absolute atomic E-state index is 0.0710. The van der Waals surface area contributed by atoms with Crippen LogP contribution in [0.15, 0.2) is 12.2 Å². The lowest BCUT2D eigenvalue weighted by Gasteiger charge is -2.29. The Morgan fingerprint density at radius 1 is 1.25 bits per heavy atom. The van der Waals surface area contributed by atoms with Gasteiger partial charge in [-0.25, -0.2) is 0 Å². The highest BCUT2D eigenvalue weighted by atomic mass is 16.5. The number of allylic oxidation sites excluding steroid dienone is 2. The summed E-state index contributed by atoms with van der Waals surface area (Å²) in [6, 6.07) is 0. The summed E-state index contributed by atoms with van der Waals surface area (Å²) in [5.41, 5.74) is -0.534. The van der Waals surface area contributed by atoms with Crippen molar-refractivity contribution in [1.29, 1.82) is 0 Å². The van der Waals surface area contributed by atoms with Gasteiger partial charge < -0.3 is 20.5 Å². The van der Waals surface area contributed by atoms with Crippen molar-refractivity contribution in [2.45, 2.75) is 82.8 Å². The summed E-state index contributed by atoms with van der Waals surface area (Å²) in [5.74, 6) is -1.15. The van der Waals surface area contributed by atoms with Gasteiger partial charge in [0.15, 0.2) is 0 Å². The lowest BCUT2D eigenvalue weighted by molar-refractivity contribution is -0.148. The van der Waals surface area contributed by atoms with Crippen LogP contribution in [0.25, 0.3) is 0 Å². The zero-order chi connectivity index (χ0) is 20.4. The Morgan fingerprint density at radius 3 is 2.71 bits per heavy atom.